The predicted octanol–water partition coefficient (Wildman–Crippen LogP) is 3.68. The fourth-order valence-corrected chi connectivity index (χ4v) is 4.31. The number of hydrogen-bond donors (Lipinski definition) is 2. The van der Waals surface area contributed by atoms with E-state index in [0.717, 1.165) is 93.4 Å². The molecule has 32 heavy (non-hydrogen) atoms. The van der Waals surface area contributed by atoms with E-state index < -0.39 is 0 Å². The summed E-state index contributed by atoms with van der Waals surface area (Å²) in [4.78, 5) is 10.0. The summed E-state index contributed by atoms with van der Waals surface area (Å²) in [6.07, 6.45) is 2.22. The van der Waals surface area contributed by atoms with E-state index in [4.69, 9.17) is 15.5 Å². The number of ether oxygens (including phenoxy) is 1. The molecule has 0 saturated carbocycles. The molecule has 3 N–H and O–H groups in total. The third-order valence-corrected chi connectivity index (χ3v) is 6.21. The van der Waals surface area contributed by atoms with Gasteiger partial charge in [-0.2, -0.15) is 0 Å². The lowest BCUT2D eigenvalue weighted by molar-refractivity contribution is 0.132. The van der Waals surface area contributed by atoms with E-state index in [1.165, 1.54) is 5.39 Å². The number of pyridine rings is 1. The second kappa shape index (κ2) is 11.3. The Bertz CT molecular complexity index is 983. The van der Waals surface area contributed by atoms with Crippen LogP contribution in [0.2, 0.25) is 0 Å². The molecule has 0 radical (unpaired) electrons. The van der Waals surface area contributed by atoms with Gasteiger partial charge in [0.25, 0.3) is 0 Å². The zero-order valence-electron chi connectivity index (χ0n) is 19.1. The number of nitrogens with two attached hydrogens (primary N) is 1. The van der Waals surface area contributed by atoms with Crippen molar-refractivity contribution >= 4 is 16.6 Å². The van der Waals surface area contributed by atoms with Crippen molar-refractivity contribution in [3.8, 4) is 17.0 Å². The van der Waals surface area contributed by atoms with Crippen LogP contribution in [0.25, 0.3) is 22.2 Å². The Kier molecular flexibility index (Phi) is 7.93. The summed E-state index contributed by atoms with van der Waals surface area (Å²) in [6.45, 7) is 8.64. The van der Waals surface area contributed by atoms with Crippen LogP contribution in [0.4, 0.5) is 5.69 Å². The number of nitrogens with zero attached hydrogens (tertiary/aromatic N) is 3. The summed E-state index contributed by atoms with van der Waals surface area (Å²) in [7, 11) is 1.69. The monoisotopic (exact) mass is 433 g/mol. The molecule has 1 fully saturated rings. The zero-order chi connectivity index (χ0) is 22.2. The molecule has 6 heteroatoms. The van der Waals surface area contributed by atoms with E-state index in [1.54, 1.807) is 7.11 Å². The normalized spacial score (nSPS) is 15.2. The fraction of sp³-hybridized carbons (Fsp3) is 0.423. The van der Waals surface area contributed by atoms with Crippen molar-refractivity contribution in [2.75, 3.05) is 64.8 Å². The summed E-state index contributed by atoms with van der Waals surface area (Å²) in [5.74, 6) is 0.855. The largest absolute Gasteiger partial charge is 0.497 e. The molecule has 2 heterocycles. The summed E-state index contributed by atoms with van der Waals surface area (Å²) in [5.41, 5.74) is 9.86. The van der Waals surface area contributed by atoms with Crippen LogP contribution < -0.4 is 15.8 Å². The van der Waals surface area contributed by atoms with Crippen LogP contribution in [-0.4, -0.2) is 74.3 Å². The molecule has 0 unspecified atom stereocenters. The minimum Gasteiger partial charge on any atom is -0.497 e. The SMILES string of the molecule is COc1ccc(-c2cc(NCCCN3CCN(CCCN)CC3)c3ccccc3n2)cc1. The molecule has 0 spiro atoms. The van der Waals surface area contributed by atoms with Gasteiger partial charge in [0.05, 0.1) is 18.3 Å². The van der Waals surface area contributed by atoms with Gasteiger partial charge in [-0.05, 0) is 68.9 Å². The van der Waals surface area contributed by atoms with E-state index >= 15 is 0 Å². The molecular weight excluding hydrogens is 398 g/mol. The summed E-state index contributed by atoms with van der Waals surface area (Å²) >= 11 is 0. The van der Waals surface area contributed by atoms with Gasteiger partial charge < -0.3 is 25.6 Å². The van der Waals surface area contributed by atoms with Crippen LogP contribution in [0.3, 0.4) is 0 Å². The summed E-state index contributed by atoms with van der Waals surface area (Å²) in [6, 6.07) is 18.6. The highest BCUT2D eigenvalue weighted by atomic mass is 16.5. The molecule has 170 valence electrons. The van der Waals surface area contributed by atoms with Gasteiger partial charge in [0.2, 0.25) is 0 Å². The number of rotatable bonds is 10. The first-order chi connectivity index (χ1) is 15.8. The molecule has 0 amide bonds. The Morgan fingerprint density at radius 2 is 1.62 bits per heavy atom. The summed E-state index contributed by atoms with van der Waals surface area (Å²) < 4.78 is 5.29. The highest BCUT2D eigenvalue weighted by molar-refractivity contribution is 5.93. The average Bonchev–Trinajstić information content (AvgIpc) is 2.86. The highest BCUT2D eigenvalue weighted by Crippen LogP contribution is 2.29. The van der Waals surface area contributed by atoms with Gasteiger partial charge in [-0.15, -0.1) is 0 Å². The van der Waals surface area contributed by atoms with Crippen LogP contribution in [-0.2, 0) is 0 Å². The maximum atomic E-state index is 5.64. The number of aromatic nitrogens is 1. The van der Waals surface area contributed by atoms with Crippen molar-refractivity contribution in [2.24, 2.45) is 5.73 Å². The first-order valence-electron chi connectivity index (χ1n) is 11.7. The van der Waals surface area contributed by atoms with Crippen LogP contribution in [0, 0.1) is 0 Å². The molecule has 6 nitrogen and oxygen atoms in total. The molecule has 0 aliphatic carbocycles. The maximum Gasteiger partial charge on any atom is 0.118 e. The van der Waals surface area contributed by atoms with Gasteiger partial charge in [0.1, 0.15) is 5.75 Å². The lowest BCUT2D eigenvalue weighted by atomic mass is 10.1. The highest BCUT2D eigenvalue weighted by Gasteiger charge is 2.15. The Hall–Kier alpha value is -2.67. The van der Waals surface area contributed by atoms with E-state index in [9.17, 15) is 0 Å². The molecule has 0 atom stereocenters. The van der Waals surface area contributed by atoms with Crippen molar-refractivity contribution < 1.29 is 4.74 Å². The van der Waals surface area contributed by atoms with E-state index in [-0.39, 0.29) is 0 Å². The number of methoxy groups -OCH3 is 1. The number of anilines is 1. The van der Waals surface area contributed by atoms with Gasteiger partial charge in [-0.25, -0.2) is 4.98 Å². The second-order valence-corrected chi connectivity index (χ2v) is 8.41. The van der Waals surface area contributed by atoms with Crippen LogP contribution in [0.1, 0.15) is 12.8 Å². The molecule has 3 aromatic rings. The molecule has 1 saturated heterocycles. The van der Waals surface area contributed by atoms with E-state index in [2.05, 4.69) is 51.5 Å². The van der Waals surface area contributed by atoms with Gasteiger partial charge in [-0.1, -0.05) is 18.2 Å². The zero-order valence-corrected chi connectivity index (χ0v) is 19.1. The van der Waals surface area contributed by atoms with Crippen LogP contribution in [0.5, 0.6) is 5.75 Å². The Labute approximate surface area is 191 Å². The molecule has 1 aliphatic rings. The number of benzene rings is 2. The Morgan fingerprint density at radius 1 is 0.938 bits per heavy atom. The third kappa shape index (κ3) is 5.76. The van der Waals surface area contributed by atoms with Gasteiger partial charge in [0.15, 0.2) is 0 Å². The van der Waals surface area contributed by atoms with E-state index in [0.29, 0.717) is 0 Å². The topological polar surface area (TPSA) is 66.7 Å². The lowest BCUT2D eigenvalue weighted by Gasteiger charge is -2.34. The first-order valence-corrected chi connectivity index (χ1v) is 11.7. The first kappa shape index (κ1) is 22.5. The van der Waals surface area contributed by atoms with Crippen molar-refractivity contribution in [3.05, 3.63) is 54.6 Å². The lowest BCUT2D eigenvalue weighted by Crippen LogP contribution is -2.47. The van der Waals surface area contributed by atoms with Crippen molar-refractivity contribution in [1.29, 1.82) is 0 Å². The molecule has 1 aromatic heterocycles. The minimum atomic E-state index is 0.787. The quantitative estimate of drug-likeness (QED) is 0.476. The fourth-order valence-electron chi connectivity index (χ4n) is 4.31. The van der Waals surface area contributed by atoms with Crippen LogP contribution >= 0.6 is 0 Å². The van der Waals surface area contributed by atoms with Crippen molar-refractivity contribution in [3.63, 3.8) is 0 Å². The smallest absolute Gasteiger partial charge is 0.118 e. The standard InChI is InChI=1S/C26H35N5O/c1-32-22-10-8-21(9-11-22)25-20-26(23-6-2-3-7-24(23)29-25)28-13-5-15-31-18-16-30(17-19-31)14-4-12-27/h2-3,6-11,20H,4-5,12-19,27H2,1H3,(H,28,29). The van der Waals surface area contributed by atoms with Gasteiger partial charge >= 0.3 is 0 Å². The van der Waals surface area contributed by atoms with E-state index in [1.807, 2.05) is 18.2 Å². The summed E-state index contributed by atoms with van der Waals surface area (Å²) in [5, 5.41) is 4.85. The van der Waals surface area contributed by atoms with Crippen molar-refractivity contribution in [1.82, 2.24) is 14.8 Å². The molecular formula is C26H35N5O. The number of fused-ring (bicyclic) bond motifs is 1. The van der Waals surface area contributed by atoms with Gasteiger partial charge in [-0.3, -0.25) is 0 Å². The Morgan fingerprint density at radius 3 is 2.31 bits per heavy atom. The number of para-hydroxylation sites is 1. The molecule has 2 aromatic carbocycles. The number of piperazine rings is 1. The number of hydrogen-bond acceptors (Lipinski definition) is 6. The van der Waals surface area contributed by atoms with Crippen molar-refractivity contribution in [2.45, 2.75) is 12.8 Å². The Balaban J connectivity index is 1.36. The molecule has 1 aliphatic heterocycles. The number of nitrogens with one attached hydrogen (secondary N) is 1. The van der Waals surface area contributed by atoms with Gasteiger partial charge in [0, 0.05) is 49.4 Å². The maximum absolute atomic E-state index is 5.64. The molecule has 4 rings (SSSR count). The second-order valence-electron chi connectivity index (χ2n) is 8.41. The van der Waals surface area contributed by atoms with Crippen LogP contribution in [0.15, 0.2) is 54.6 Å². The predicted molar refractivity (Wildman–Crippen MR) is 133 cm³/mol. The average molecular weight is 434 g/mol. The molecule has 0 bridgehead atoms. The minimum absolute atomic E-state index is 0.787. The third-order valence-electron chi connectivity index (χ3n) is 6.21.